The molecule has 0 amide bonds. The predicted octanol–water partition coefficient (Wildman–Crippen LogP) is 28.0. The van der Waals surface area contributed by atoms with Crippen LogP contribution in [-0.4, -0.2) is 150 Å². The maximum atomic E-state index is 13.5. The Balaban J connectivity index is 5.41. The van der Waals surface area contributed by atoms with Gasteiger partial charge in [-0.1, -0.05) is 395 Å². The standard InChI is InChI=1S/C108H206O19/c1-7-13-19-25-37-55-73-91(109)92(110)74-56-43-31-50-68-86-104(118)124-99(94(112)76-58-39-27-21-15-9-3)81-63-45-33-52-70-88-106(120)126-101(96(114)78-60-41-29-23-17-11-5)83-65-47-35-54-72-90-108(122)127-102(97(115)79-61-42-30-24-18-12-6)84-66-48-36-53-71-89-107(121)125-100(95(113)77-59-40-28-22-16-10-4)82-64-46-34-51-69-87-105(119)123-98(80-62-44-32-49-67-85-103(116)117)93(111)75-57-38-26-20-14-8-2/h91-102,109-115H,7-90H2,1-6H3,(H,116,117). The lowest BCUT2D eigenvalue weighted by Crippen LogP contribution is -2.31. The Labute approximate surface area is 779 Å². The van der Waals surface area contributed by atoms with E-state index >= 15 is 0 Å². The molecule has 0 rings (SSSR count). The summed E-state index contributed by atoms with van der Waals surface area (Å²) in [6, 6.07) is 0. The van der Waals surface area contributed by atoms with E-state index in [9.17, 15) is 64.5 Å². The molecule has 12 atom stereocenters. The summed E-state index contributed by atoms with van der Waals surface area (Å²) in [7, 11) is 0. The van der Waals surface area contributed by atoms with E-state index in [1.54, 1.807) is 0 Å². The average Bonchev–Trinajstić information content (AvgIpc) is 0.939. The molecular formula is C108H206O19. The Morgan fingerprint density at radius 1 is 0.157 bits per heavy atom. The van der Waals surface area contributed by atoms with E-state index in [4.69, 9.17) is 28.8 Å². The molecule has 0 aliphatic carbocycles. The molecule has 0 bridgehead atoms. The first kappa shape index (κ1) is 124. The van der Waals surface area contributed by atoms with Gasteiger partial charge >= 0.3 is 35.8 Å². The molecular weight excluding hydrogens is 1600 g/mol. The SMILES string of the molecule is CCCCCCCCC(O)C(O)CCCCCCCC(=O)OC(CCCCCCCC(=O)OC(CCCCCCCC(=O)OC(CCCCCCCC(=O)OC(CCCCCCCC(=O)OC(CCCCCCCC(=O)O)C(O)CCCCCCCC)C(O)CCCCCCCC)C(O)CCCCCCCC)C(O)CCCCCCCC)C(O)CCCCCCCC. The number of hydrogen-bond acceptors (Lipinski definition) is 18. The molecule has 0 saturated heterocycles. The molecule has 12 unspecified atom stereocenters. The minimum Gasteiger partial charge on any atom is -0.481 e. The number of carboxylic acids is 1. The van der Waals surface area contributed by atoms with Crippen LogP contribution in [-0.2, 0) is 52.5 Å². The van der Waals surface area contributed by atoms with Gasteiger partial charge in [-0.2, -0.15) is 0 Å². The molecule has 0 fully saturated rings. The van der Waals surface area contributed by atoms with Crippen LogP contribution in [0, 0.1) is 0 Å². The number of carbonyl (C=O) groups excluding carboxylic acids is 5. The van der Waals surface area contributed by atoms with Crippen LogP contribution in [0.5, 0.6) is 0 Å². The second-order valence-corrected chi connectivity index (χ2v) is 38.7. The third-order valence-electron chi connectivity index (χ3n) is 26.4. The van der Waals surface area contributed by atoms with Gasteiger partial charge in [0.05, 0.1) is 42.7 Å². The molecule has 0 radical (unpaired) electrons. The van der Waals surface area contributed by atoms with Gasteiger partial charge in [0.2, 0.25) is 0 Å². The van der Waals surface area contributed by atoms with Crippen molar-refractivity contribution in [2.75, 3.05) is 0 Å². The number of carbonyl (C=O) groups is 6. The van der Waals surface area contributed by atoms with Crippen LogP contribution in [0.2, 0.25) is 0 Å². The minimum atomic E-state index is -0.775. The number of hydrogen-bond donors (Lipinski definition) is 8. The van der Waals surface area contributed by atoms with Crippen LogP contribution in [0.3, 0.4) is 0 Å². The van der Waals surface area contributed by atoms with E-state index in [2.05, 4.69) is 41.5 Å². The maximum Gasteiger partial charge on any atom is 0.306 e. The van der Waals surface area contributed by atoms with Gasteiger partial charge in [-0.3, -0.25) is 28.8 Å². The molecule has 0 aliphatic heterocycles. The van der Waals surface area contributed by atoms with Gasteiger partial charge in [0.15, 0.2) is 0 Å². The fourth-order valence-corrected chi connectivity index (χ4v) is 17.8. The average molecular weight is 1810 g/mol. The van der Waals surface area contributed by atoms with E-state index in [0.717, 1.165) is 270 Å². The predicted molar refractivity (Wildman–Crippen MR) is 521 cm³/mol. The maximum absolute atomic E-state index is 13.5. The zero-order valence-corrected chi connectivity index (χ0v) is 83.4. The second kappa shape index (κ2) is 93.0. The molecule has 0 aliphatic rings. The first-order chi connectivity index (χ1) is 61.8. The Bertz CT molecular complexity index is 2410. The minimum absolute atomic E-state index is 0.176. The normalized spacial score (nSPS) is 14.6. The van der Waals surface area contributed by atoms with Crippen molar-refractivity contribution in [2.24, 2.45) is 0 Å². The summed E-state index contributed by atoms with van der Waals surface area (Å²) in [5.74, 6) is -2.17. The molecule has 0 aromatic rings. The van der Waals surface area contributed by atoms with Crippen molar-refractivity contribution in [1.29, 1.82) is 0 Å². The van der Waals surface area contributed by atoms with Crippen molar-refractivity contribution in [3.05, 3.63) is 0 Å². The molecule has 127 heavy (non-hydrogen) atoms. The van der Waals surface area contributed by atoms with Crippen LogP contribution in [0.1, 0.15) is 581 Å². The van der Waals surface area contributed by atoms with E-state index in [0.29, 0.717) is 122 Å². The number of aliphatic carboxylic acids is 1. The van der Waals surface area contributed by atoms with Crippen LogP contribution >= 0.6 is 0 Å². The number of rotatable bonds is 101. The monoisotopic (exact) mass is 1810 g/mol. The van der Waals surface area contributed by atoms with Gasteiger partial charge in [-0.05, 0) is 148 Å². The summed E-state index contributed by atoms with van der Waals surface area (Å²) in [6.45, 7) is 13.2. The number of aliphatic hydroxyl groups is 7. The van der Waals surface area contributed by atoms with Crippen LogP contribution in [0.4, 0.5) is 0 Å². The highest BCUT2D eigenvalue weighted by molar-refractivity contribution is 5.71. The highest BCUT2D eigenvalue weighted by Gasteiger charge is 2.29. The molecule has 0 aromatic heterocycles. The molecule has 0 spiro atoms. The van der Waals surface area contributed by atoms with Gasteiger partial charge in [-0.15, -0.1) is 0 Å². The zero-order chi connectivity index (χ0) is 93.3. The topological polar surface area (TPSA) is 310 Å². The summed E-state index contributed by atoms with van der Waals surface area (Å²) >= 11 is 0. The summed E-state index contributed by atoms with van der Waals surface area (Å²) in [4.78, 5) is 77.7. The van der Waals surface area contributed by atoms with Crippen molar-refractivity contribution >= 4 is 35.8 Å². The van der Waals surface area contributed by atoms with Crippen LogP contribution in [0.15, 0.2) is 0 Å². The van der Waals surface area contributed by atoms with Gasteiger partial charge in [0, 0.05) is 38.5 Å². The number of aliphatic hydroxyl groups excluding tert-OH is 7. The van der Waals surface area contributed by atoms with Crippen molar-refractivity contribution in [1.82, 2.24) is 0 Å². The lowest BCUT2D eigenvalue weighted by Gasteiger charge is -2.24. The molecule has 19 nitrogen and oxygen atoms in total. The van der Waals surface area contributed by atoms with E-state index in [-0.39, 0.29) is 62.0 Å². The Morgan fingerprint density at radius 2 is 0.276 bits per heavy atom. The number of unbranched alkanes of at least 4 members (excludes halogenated alkanes) is 54. The van der Waals surface area contributed by atoms with E-state index in [1.165, 1.54) is 116 Å². The molecule has 0 heterocycles. The summed E-state index contributed by atoms with van der Waals surface area (Å²) in [5, 5.41) is 86.8. The molecule has 752 valence electrons. The Kier molecular flexibility index (Phi) is 90.4. The highest BCUT2D eigenvalue weighted by Crippen LogP contribution is 2.28. The third-order valence-corrected chi connectivity index (χ3v) is 26.4. The number of carboxylic acid groups (broad SMARTS) is 1. The Hall–Kier alpha value is -3.46. The fourth-order valence-electron chi connectivity index (χ4n) is 17.8. The summed E-state index contributed by atoms with van der Waals surface area (Å²) in [6.07, 6.45) is 65.7. The lowest BCUT2D eigenvalue weighted by atomic mass is 9.98. The largest absolute Gasteiger partial charge is 0.481 e. The van der Waals surface area contributed by atoms with Crippen LogP contribution in [0.25, 0.3) is 0 Å². The van der Waals surface area contributed by atoms with Crippen molar-refractivity contribution in [2.45, 2.75) is 654 Å². The quantitative estimate of drug-likeness (QED) is 0.0159. The van der Waals surface area contributed by atoms with Gasteiger partial charge in [0.1, 0.15) is 30.5 Å². The summed E-state index contributed by atoms with van der Waals surface area (Å²) < 4.78 is 30.2. The number of ether oxygens (including phenoxy) is 5. The zero-order valence-electron chi connectivity index (χ0n) is 83.4. The van der Waals surface area contributed by atoms with E-state index in [1.807, 2.05) is 0 Å². The second-order valence-electron chi connectivity index (χ2n) is 38.7. The number of esters is 5. The first-order valence-corrected chi connectivity index (χ1v) is 54.7. The van der Waals surface area contributed by atoms with E-state index < -0.39 is 79.2 Å². The van der Waals surface area contributed by atoms with Crippen LogP contribution < -0.4 is 0 Å². The summed E-state index contributed by atoms with van der Waals surface area (Å²) in [5.41, 5.74) is 0. The molecule has 8 N–H and O–H groups in total. The van der Waals surface area contributed by atoms with Crippen molar-refractivity contribution < 1.29 is 93.3 Å². The van der Waals surface area contributed by atoms with Crippen molar-refractivity contribution in [3.8, 4) is 0 Å². The molecule has 0 aromatic carbocycles. The fraction of sp³-hybridized carbons (Fsp3) is 0.944. The Morgan fingerprint density at radius 3 is 0.425 bits per heavy atom. The van der Waals surface area contributed by atoms with Gasteiger partial charge in [0.25, 0.3) is 0 Å². The first-order valence-electron chi connectivity index (χ1n) is 54.7. The lowest BCUT2D eigenvalue weighted by molar-refractivity contribution is -0.157. The molecule has 0 saturated carbocycles. The van der Waals surface area contributed by atoms with Gasteiger partial charge in [-0.25, -0.2) is 0 Å². The third kappa shape index (κ3) is 80.7. The van der Waals surface area contributed by atoms with Crippen molar-refractivity contribution in [3.63, 3.8) is 0 Å². The molecule has 19 heteroatoms. The smallest absolute Gasteiger partial charge is 0.306 e. The highest BCUT2D eigenvalue weighted by atomic mass is 16.6. The van der Waals surface area contributed by atoms with Gasteiger partial charge < -0.3 is 64.5 Å².